The zero-order chi connectivity index (χ0) is 10.1. The number of hydrogen-bond acceptors (Lipinski definition) is 3. The molecule has 74 valence electrons. The van der Waals surface area contributed by atoms with E-state index in [2.05, 4.69) is 4.98 Å². The van der Waals surface area contributed by atoms with Gasteiger partial charge in [-0.25, -0.2) is 0 Å². The molecule has 0 saturated carbocycles. The van der Waals surface area contributed by atoms with Crippen LogP contribution in [0.25, 0.3) is 0 Å². The van der Waals surface area contributed by atoms with E-state index < -0.39 is 6.04 Å². The van der Waals surface area contributed by atoms with E-state index in [1.54, 1.807) is 18.1 Å². The van der Waals surface area contributed by atoms with Crippen molar-refractivity contribution in [3.05, 3.63) is 24.0 Å². The third-order valence-corrected chi connectivity index (χ3v) is 2.57. The van der Waals surface area contributed by atoms with E-state index in [4.69, 9.17) is 5.73 Å². The van der Waals surface area contributed by atoms with Crippen LogP contribution in [0.15, 0.2) is 18.3 Å². The number of carbonyl (C=O) groups excluding carboxylic acids is 1. The lowest BCUT2D eigenvalue weighted by Crippen LogP contribution is -2.40. The second kappa shape index (κ2) is 3.38. The number of amides is 1. The van der Waals surface area contributed by atoms with Gasteiger partial charge >= 0.3 is 0 Å². The molecule has 4 nitrogen and oxygen atoms in total. The Bertz CT molecular complexity index is 364. The molecule has 4 heteroatoms. The molecule has 0 spiro atoms. The van der Waals surface area contributed by atoms with E-state index in [0.717, 1.165) is 17.8 Å². The Morgan fingerprint density at radius 1 is 1.64 bits per heavy atom. The van der Waals surface area contributed by atoms with Crippen LogP contribution in [-0.2, 0) is 11.2 Å². The number of nitrogens with zero attached hydrogens (tertiary/aromatic N) is 2. The van der Waals surface area contributed by atoms with Crippen LogP contribution in [0.5, 0.6) is 0 Å². The van der Waals surface area contributed by atoms with Crippen LogP contribution in [0.4, 0.5) is 5.69 Å². The number of aryl methyl sites for hydroxylation is 1. The molecule has 0 bridgehead atoms. The van der Waals surface area contributed by atoms with Gasteiger partial charge in [0.25, 0.3) is 0 Å². The van der Waals surface area contributed by atoms with Gasteiger partial charge in [0.15, 0.2) is 0 Å². The highest BCUT2D eigenvalue weighted by Crippen LogP contribution is 2.22. The summed E-state index contributed by atoms with van der Waals surface area (Å²) in [7, 11) is 1.74. The van der Waals surface area contributed by atoms with Gasteiger partial charge in [0, 0.05) is 13.2 Å². The molecule has 1 atom stereocenters. The molecule has 0 aliphatic carbocycles. The minimum Gasteiger partial charge on any atom is -0.320 e. The average Bonchev–Trinajstić information content (AvgIpc) is 2.32. The quantitative estimate of drug-likeness (QED) is 0.642. The fourth-order valence-corrected chi connectivity index (χ4v) is 1.71. The number of carbonyl (C=O) groups is 1. The summed E-state index contributed by atoms with van der Waals surface area (Å²) in [5.41, 5.74) is 7.56. The van der Waals surface area contributed by atoms with Crippen LogP contribution in [-0.4, -0.2) is 24.0 Å². The van der Waals surface area contributed by atoms with Crippen molar-refractivity contribution in [3.63, 3.8) is 0 Å². The van der Waals surface area contributed by atoms with Gasteiger partial charge in [-0.05, 0) is 25.0 Å². The largest absolute Gasteiger partial charge is 0.320 e. The summed E-state index contributed by atoms with van der Waals surface area (Å²) in [4.78, 5) is 17.5. The molecule has 2 heterocycles. The highest BCUT2D eigenvalue weighted by atomic mass is 16.2. The second-order valence-electron chi connectivity index (χ2n) is 3.51. The molecule has 1 amide bonds. The number of hydrogen-bond donors (Lipinski definition) is 1. The summed E-state index contributed by atoms with van der Waals surface area (Å²) in [5, 5.41) is 0. The standard InChI is InChI=1S/C10H13N3O/c1-13-9-3-2-6-12-8(9)5-4-7(11)10(13)14/h2-3,6-7H,4-5,11H2,1H3. The highest BCUT2D eigenvalue weighted by Gasteiger charge is 2.25. The molecule has 1 aliphatic rings. The number of rotatable bonds is 0. The third-order valence-electron chi connectivity index (χ3n) is 2.57. The Morgan fingerprint density at radius 2 is 2.43 bits per heavy atom. The van der Waals surface area contributed by atoms with Crippen LogP contribution in [0.1, 0.15) is 12.1 Å². The molecule has 14 heavy (non-hydrogen) atoms. The SMILES string of the molecule is CN1C(=O)C(N)CCc2ncccc21. The van der Waals surface area contributed by atoms with Crippen LogP contribution < -0.4 is 10.6 Å². The Labute approximate surface area is 82.7 Å². The zero-order valence-corrected chi connectivity index (χ0v) is 8.10. The van der Waals surface area contributed by atoms with Gasteiger partial charge in [0.2, 0.25) is 5.91 Å². The van der Waals surface area contributed by atoms with Gasteiger partial charge in [0.05, 0.1) is 17.4 Å². The van der Waals surface area contributed by atoms with Gasteiger partial charge < -0.3 is 10.6 Å². The van der Waals surface area contributed by atoms with Crippen molar-refractivity contribution < 1.29 is 4.79 Å². The number of anilines is 1. The molecule has 2 rings (SSSR count). The van der Waals surface area contributed by atoms with Gasteiger partial charge in [-0.1, -0.05) is 0 Å². The fraction of sp³-hybridized carbons (Fsp3) is 0.400. The number of likely N-dealkylation sites (N-methyl/N-ethyl adjacent to an activating group) is 1. The summed E-state index contributed by atoms with van der Waals surface area (Å²) in [6.45, 7) is 0. The molecule has 1 aromatic heterocycles. The maximum Gasteiger partial charge on any atom is 0.243 e. The molecule has 0 radical (unpaired) electrons. The summed E-state index contributed by atoms with van der Waals surface area (Å²) in [5.74, 6) is -0.0308. The molecular formula is C10H13N3O. The summed E-state index contributed by atoms with van der Waals surface area (Å²) in [6.07, 6.45) is 3.19. The first-order valence-electron chi connectivity index (χ1n) is 4.67. The first-order valence-corrected chi connectivity index (χ1v) is 4.67. The third kappa shape index (κ3) is 1.37. The van der Waals surface area contributed by atoms with Crippen molar-refractivity contribution in [1.82, 2.24) is 4.98 Å². The average molecular weight is 191 g/mol. The van der Waals surface area contributed by atoms with E-state index in [1.807, 2.05) is 12.1 Å². The molecule has 0 fully saturated rings. The predicted octanol–water partition coefficient (Wildman–Crippen LogP) is 0.318. The van der Waals surface area contributed by atoms with E-state index in [1.165, 1.54) is 0 Å². The normalized spacial score (nSPS) is 21.7. The maximum absolute atomic E-state index is 11.7. The van der Waals surface area contributed by atoms with Crippen molar-refractivity contribution in [2.24, 2.45) is 5.73 Å². The van der Waals surface area contributed by atoms with Crippen LogP contribution in [0.2, 0.25) is 0 Å². The lowest BCUT2D eigenvalue weighted by atomic mass is 10.1. The minimum absolute atomic E-state index is 0.0308. The first-order chi connectivity index (χ1) is 6.70. The monoisotopic (exact) mass is 191 g/mol. The molecule has 0 saturated heterocycles. The number of nitrogens with two attached hydrogens (primary N) is 1. The smallest absolute Gasteiger partial charge is 0.243 e. The number of pyridine rings is 1. The Hall–Kier alpha value is -1.42. The van der Waals surface area contributed by atoms with E-state index in [-0.39, 0.29) is 5.91 Å². The molecule has 2 N–H and O–H groups in total. The lowest BCUT2D eigenvalue weighted by Gasteiger charge is -2.18. The first kappa shape index (κ1) is 9.15. The summed E-state index contributed by atoms with van der Waals surface area (Å²) < 4.78 is 0. The van der Waals surface area contributed by atoms with Gasteiger partial charge in [0.1, 0.15) is 0 Å². The molecule has 0 aromatic carbocycles. The fourth-order valence-electron chi connectivity index (χ4n) is 1.71. The van der Waals surface area contributed by atoms with Gasteiger partial charge in [-0.15, -0.1) is 0 Å². The van der Waals surface area contributed by atoms with Crippen molar-refractivity contribution in [3.8, 4) is 0 Å². The topological polar surface area (TPSA) is 59.2 Å². The van der Waals surface area contributed by atoms with E-state index in [0.29, 0.717) is 6.42 Å². The predicted molar refractivity (Wildman–Crippen MR) is 53.9 cm³/mol. The van der Waals surface area contributed by atoms with Gasteiger partial charge in [-0.3, -0.25) is 9.78 Å². The maximum atomic E-state index is 11.7. The van der Waals surface area contributed by atoms with E-state index >= 15 is 0 Å². The summed E-state index contributed by atoms with van der Waals surface area (Å²) in [6, 6.07) is 3.34. The van der Waals surface area contributed by atoms with Crippen molar-refractivity contribution in [1.29, 1.82) is 0 Å². The Balaban J connectivity index is 2.45. The molecule has 1 aliphatic heterocycles. The zero-order valence-electron chi connectivity index (χ0n) is 8.10. The highest BCUT2D eigenvalue weighted by molar-refractivity contribution is 5.97. The van der Waals surface area contributed by atoms with Crippen molar-refractivity contribution in [2.45, 2.75) is 18.9 Å². The Kier molecular flexibility index (Phi) is 2.21. The van der Waals surface area contributed by atoms with E-state index in [9.17, 15) is 4.79 Å². The minimum atomic E-state index is -0.394. The lowest BCUT2D eigenvalue weighted by molar-refractivity contribution is -0.119. The summed E-state index contributed by atoms with van der Waals surface area (Å²) >= 11 is 0. The van der Waals surface area contributed by atoms with Crippen molar-refractivity contribution >= 4 is 11.6 Å². The molecule has 1 unspecified atom stereocenters. The Morgan fingerprint density at radius 3 is 3.21 bits per heavy atom. The van der Waals surface area contributed by atoms with Gasteiger partial charge in [-0.2, -0.15) is 0 Å². The molecule has 1 aromatic rings. The number of fused-ring (bicyclic) bond motifs is 1. The van der Waals surface area contributed by atoms with Crippen LogP contribution in [0, 0.1) is 0 Å². The van der Waals surface area contributed by atoms with Crippen LogP contribution >= 0.6 is 0 Å². The number of aromatic nitrogens is 1. The van der Waals surface area contributed by atoms with Crippen LogP contribution in [0.3, 0.4) is 0 Å². The second-order valence-corrected chi connectivity index (χ2v) is 3.51. The molecular weight excluding hydrogens is 178 g/mol. The van der Waals surface area contributed by atoms with Crippen molar-refractivity contribution in [2.75, 3.05) is 11.9 Å².